The van der Waals surface area contributed by atoms with Crippen molar-refractivity contribution in [2.75, 3.05) is 19.6 Å². The number of hydrogen-bond donors (Lipinski definition) is 3. The van der Waals surface area contributed by atoms with E-state index >= 15 is 0 Å². The number of aromatic amines is 1. The van der Waals surface area contributed by atoms with Crippen molar-refractivity contribution in [2.45, 2.75) is 82.7 Å². The van der Waals surface area contributed by atoms with E-state index in [1.807, 2.05) is 42.6 Å². The minimum absolute atomic E-state index is 0.0357. The molecule has 1 saturated heterocycles. The first-order valence-corrected chi connectivity index (χ1v) is 15.5. The van der Waals surface area contributed by atoms with Crippen LogP contribution in [0.3, 0.4) is 0 Å². The van der Waals surface area contributed by atoms with Crippen molar-refractivity contribution in [2.24, 2.45) is 5.92 Å². The van der Waals surface area contributed by atoms with Gasteiger partial charge in [-0.25, -0.2) is 0 Å². The lowest BCUT2D eigenvalue weighted by Gasteiger charge is -2.41. The maximum Gasteiger partial charge on any atom is 0.234 e. The van der Waals surface area contributed by atoms with Crippen LogP contribution in [0.5, 0.6) is 0 Å². The number of piperidine rings is 1. The molecule has 0 bridgehead atoms. The normalized spacial score (nSPS) is 19.4. The molecule has 2 atom stereocenters. The summed E-state index contributed by atoms with van der Waals surface area (Å²) in [7, 11) is 0. The Morgan fingerprint density at radius 1 is 0.925 bits per heavy atom. The number of aromatic nitrogens is 1. The molecule has 0 spiro atoms. The zero-order valence-corrected chi connectivity index (χ0v) is 24.2. The molecule has 2 aliphatic rings. The van der Waals surface area contributed by atoms with Gasteiger partial charge in [0.1, 0.15) is 0 Å². The number of para-hydroxylation sites is 1. The molecule has 0 radical (unpaired) electrons. The highest BCUT2D eigenvalue weighted by atomic mass is 35.5. The molecule has 3 aromatic rings. The van der Waals surface area contributed by atoms with Crippen LogP contribution in [0.4, 0.5) is 0 Å². The zero-order chi connectivity index (χ0) is 27.7. The summed E-state index contributed by atoms with van der Waals surface area (Å²) < 4.78 is 0. The first-order valence-electron chi connectivity index (χ1n) is 15.2. The van der Waals surface area contributed by atoms with E-state index in [0.717, 1.165) is 40.9 Å². The molecular formula is C33H43ClN4O2. The number of amides is 2. The Balaban J connectivity index is 1.21. The number of aryl methyl sites for hydroxylation is 1. The van der Waals surface area contributed by atoms with Crippen molar-refractivity contribution in [3.8, 4) is 0 Å². The second-order valence-corrected chi connectivity index (χ2v) is 12.1. The molecule has 2 amide bonds. The largest absolute Gasteiger partial charge is 0.361 e. The average molecular weight is 563 g/mol. The molecule has 1 aliphatic carbocycles. The molecule has 2 heterocycles. The SMILES string of the molecule is O=C(CCc1ccccc1Cl)NCC(Cc1c[nH]c2ccccc12)NC(=O)CN1CCCCC1C1CCCCC1. The number of fused-ring (bicyclic) bond motifs is 1. The monoisotopic (exact) mass is 562 g/mol. The van der Waals surface area contributed by atoms with Crippen molar-refractivity contribution in [3.05, 3.63) is 70.9 Å². The second-order valence-electron chi connectivity index (χ2n) is 11.7. The van der Waals surface area contributed by atoms with Gasteiger partial charge in [-0.2, -0.15) is 0 Å². The topological polar surface area (TPSA) is 77.2 Å². The van der Waals surface area contributed by atoms with Crippen molar-refractivity contribution in [3.63, 3.8) is 0 Å². The van der Waals surface area contributed by atoms with E-state index in [0.29, 0.717) is 43.4 Å². The minimum Gasteiger partial charge on any atom is -0.361 e. The number of carbonyl (C=O) groups excluding carboxylic acids is 2. The van der Waals surface area contributed by atoms with Gasteiger partial charge in [-0.3, -0.25) is 14.5 Å². The second kappa shape index (κ2) is 14.2. The average Bonchev–Trinajstić information content (AvgIpc) is 3.39. The Bertz CT molecular complexity index is 1270. The summed E-state index contributed by atoms with van der Waals surface area (Å²) in [6.07, 6.45) is 13.8. The zero-order valence-electron chi connectivity index (χ0n) is 23.5. The van der Waals surface area contributed by atoms with Gasteiger partial charge in [-0.1, -0.05) is 73.7 Å². The molecule has 1 aliphatic heterocycles. The third kappa shape index (κ3) is 7.67. The van der Waals surface area contributed by atoms with Crippen molar-refractivity contribution >= 4 is 34.3 Å². The molecule has 3 N–H and O–H groups in total. The van der Waals surface area contributed by atoms with Crippen LogP contribution in [-0.2, 0) is 22.4 Å². The van der Waals surface area contributed by atoms with Crippen molar-refractivity contribution in [1.29, 1.82) is 0 Å². The third-order valence-electron chi connectivity index (χ3n) is 8.84. The van der Waals surface area contributed by atoms with Crippen LogP contribution in [-0.4, -0.2) is 53.4 Å². The van der Waals surface area contributed by atoms with Gasteiger partial charge in [0, 0.05) is 41.1 Å². The lowest BCUT2D eigenvalue weighted by molar-refractivity contribution is -0.125. The number of nitrogens with one attached hydrogen (secondary N) is 3. The molecule has 214 valence electrons. The van der Waals surface area contributed by atoms with E-state index in [9.17, 15) is 9.59 Å². The maximum absolute atomic E-state index is 13.4. The minimum atomic E-state index is -0.200. The summed E-state index contributed by atoms with van der Waals surface area (Å²) >= 11 is 6.27. The fraction of sp³-hybridized carbons (Fsp3) is 0.515. The van der Waals surface area contributed by atoms with Gasteiger partial charge < -0.3 is 15.6 Å². The van der Waals surface area contributed by atoms with E-state index in [1.165, 1.54) is 44.9 Å². The first-order chi connectivity index (χ1) is 19.6. The fourth-order valence-corrected chi connectivity index (χ4v) is 6.97. The van der Waals surface area contributed by atoms with E-state index in [1.54, 1.807) is 0 Å². The Kier molecular flexibility index (Phi) is 10.2. The van der Waals surface area contributed by atoms with Crippen LogP contribution in [0, 0.1) is 5.92 Å². The fourth-order valence-electron chi connectivity index (χ4n) is 6.74. The van der Waals surface area contributed by atoms with Crippen LogP contribution in [0.15, 0.2) is 54.7 Å². The van der Waals surface area contributed by atoms with Crippen LogP contribution in [0.2, 0.25) is 5.02 Å². The summed E-state index contributed by atoms with van der Waals surface area (Å²) in [5, 5.41) is 8.22. The quantitative estimate of drug-likeness (QED) is 0.267. The van der Waals surface area contributed by atoms with E-state index in [4.69, 9.17) is 11.6 Å². The number of rotatable bonds is 11. The van der Waals surface area contributed by atoms with Crippen LogP contribution >= 0.6 is 11.6 Å². The molecule has 6 nitrogen and oxygen atoms in total. The molecule has 7 heteroatoms. The van der Waals surface area contributed by atoms with Gasteiger partial charge in [0.25, 0.3) is 0 Å². The summed E-state index contributed by atoms with van der Waals surface area (Å²) in [6, 6.07) is 16.2. The summed E-state index contributed by atoms with van der Waals surface area (Å²) in [4.78, 5) is 32.0. The van der Waals surface area contributed by atoms with Gasteiger partial charge in [0.05, 0.1) is 12.6 Å². The lowest BCUT2D eigenvalue weighted by atomic mass is 9.80. The molecule has 1 saturated carbocycles. The van der Waals surface area contributed by atoms with E-state index in [2.05, 4.69) is 32.7 Å². The Hall–Kier alpha value is -2.83. The molecule has 2 aromatic carbocycles. The lowest BCUT2D eigenvalue weighted by Crippen LogP contribution is -2.52. The summed E-state index contributed by atoms with van der Waals surface area (Å²) in [5.74, 6) is 0.741. The smallest absolute Gasteiger partial charge is 0.234 e. The highest BCUT2D eigenvalue weighted by molar-refractivity contribution is 6.31. The number of carbonyl (C=O) groups is 2. The van der Waals surface area contributed by atoms with Gasteiger partial charge in [0.2, 0.25) is 11.8 Å². The Morgan fingerprint density at radius 2 is 1.70 bits per heavy atom. The number of hydrogen-bond acceptors (Lipinski definition) is 3. The third-order valence-corrected chi connectivity index (χ3v) is 9.20. The molecule has 2 fully saturated rings. The van der Waals surface area contributed by atoms with E-state index in [-0.39, 0.29) is 17.9 Å². The number of likely N-dealkylation sites (tertiary alicyclic amines) is 1. The summed E-state index contributed by atoms with van der Waals surface area (Å²) in [6.45, 7) is 1.82. The van der Waals surface area contributed by atoms with Crippen LogP contribution < -0.4 is 10.6 Å². The number of nitrogens with zero attached hydrogens (tertiary/aromatic N) is 1. The Morgan fingerprint density at radius 3 is 2.55 bits per heavy atom. The number of H-pyrrole nitrogens is 1. The van der Waals surface area contributed by atoms with Gasteiger partial charge in [-0.05, 0) is 74.2 Å². The molecular weight excluding hydrogens is 520 g/mol. The molecule has 40 heavy (non-hydrogen) atoms. The van der Waals surface area contributed by atoms with Gasteiger partial charge >= 0.3 is 0 Å². The maximum atomic E-state index is 13.4. The molecule has 5 rings (SSSR count). The van der Waals surface area contributed by atoms with E-state index < -0.39 is 0 Å². The van der Waals surface area contributed by atoms with Gasteiger partial charge in [-0.15, -0.1) is 0 Å². The van der Waals surface area contributed by atoms with Crippen molar-refractivity contribution < 1.29 is 9.59 Å². The number of benzene rings is 2. The van der Waals surface area contributed by atoms with Gasteiger partial charge in [0.15, 0.2) is 0 Å². The standard InChI is InChI=1S/C33H43ClN4O2/c34-29-14-6-4-10-24(29)17-18-32(39)36-22-27(20-26-21-35-30-15-7-5-13-28(26)30)37-33(40)23-38-19-9-8-16-31(38)25-11-2-1-3-12-25/h4-7,10,13-15,21,25,27,31,35H,1-3,8-9,11-12,16-20,22-23H2,(H,36,39)(H,37,40). The predicted octanol–water partition coefficient (Wildman–Crippen LogP) is 6.03. The molecule has 1 aromatic heterocycles. The van der Waals surface area contributed by atoms with Crippen LogP contribution in [0.25, 0.3) is 10.9 Å². The highest BCUT2D eigenvalue weighted by Crippen LogP contribution is 2.33. The van der Waals surface area contributed by atoms with Crippen LogP contribution in [0.1, 0.15) is 68.9 Å². The van der Waals surface area contributed by atoms with Crippen molar-refractivity contribution in [1.82, 2.24) is 20.5 Å². The highest BCUT2D eigenvalue weighted by Gasteiger charge is 2.32. The summed E-state index contributed by atoms with van der Waals surface area (Å²) in [5.41, 5.74) is 3.19. The number of halogens is 1. The molecule has 2 unspecified atom stereocenters. The first kappa shape index (κ1) is 28.7. The predicted molar refractivity (Wildman–Crippen MR) is 163 cm³/mol. The Labute approximate surface area is 243 Å².